The molecule has 4 rings (SSSR count). The van der Waals surface area contributed by atoms with Crippen LogP contribution in [0.5, 0.6) is 0 Å². The van der Waals surface area contributed by atoms with Gasteiger partial charge in [0.2, 0.25) is 0 Å². The summed E-state index contributed by atoms with van der Waals surface area (Å²) in [5, 5.41) is 17.1. The van der Waals surface area contributed by atoms with Crippen molar-refractivity contribution < 1.29 is 9.84 Å². The predicted octanol–water partition coefficient (Wildman–Crippen LogP) is 4.56. The number of aliphatic hydroxyl groups is 1. The van der Waals surface area contributed by atoms with Gasteiger partial charge in [0, 0.05) is 35.1 Å². The summed E-state index contributed by atoms with van der Waals surface area (Å²) in [7, 11) is 0. The molecule has 136 valence electrons. The molecule has 1 aliphatic rings. The van der Waals surface area contributed by atoms with Gasteiger partial charge in [0.25, 0.3) is 0 Å². The van der Waals surface area contributed by atoms with Gasteiger partial charge in [-0.2, -0.15) is 5.10 Å². The topological polar surface area (TPSA) is 60.2 Å². The van der Waals surface area contributed by atoms with Gasteiger partial charge in [-0.15, -0.1) is 0 Å². The third kappa shape index (κ3) is 3.00. The van der Waals surface area contributed by atoms with Crippen molar-refractivity contribution in [2.45, 2.75) is 45.9 Å². The van der Waals surface area contributed by atoms with Crippen molar-refractivity contribution in [2.24, 2.45) is 0 Å². The van der Waals surface area contributed by atoms with E-state index in [9.17, 15) is 5.11 Å². The number of benzene rings is 1. The highest BCUT2D eigenvalue weighted by atomic mass is 35.5. The summed E-state index contributed by atoms with van der Waals surface area (Å²) in [6, 6.07) is 6.04. The fourth-order valence-corrected chi connectivity index (χ4v) is 4.00. The van der Waals surface area contributed by atoms with Gasteiger partial charge in [-0.25, -0.2) is 4.68 Å². The molecular formula is C20H22ClN3O2. The number of fused-ring (bicyclic) bond motifs is 1. The van der Waals surface area contributed by atoms with Crippen molar-refractivity contribution in [3.05, 3.63) is 46.5 Å². The first-order valence-electron chi connectivity index (χ1n) is 8.95. The number of pyridine rings is 1. The number of nitrogens with zero attached hydrogens (tertiary/aromatic N) is 3. The monoisotopic (exact) mass is 371 g/mol. The maximum absolute atomic E-state index is 9.88. The molecular weight excluding hydrogens is 350 g/mol. The van der Waals surface area contributed by atoms with Crippen LogP contribution in [0.2, 0.25) is 5.02 Å². The van der Waals surface area contributed by atoms with Crippen LogP contribution in [0.1, 0.15) is 42.6 Å². The number of hydrogen-bond donors (Lipinski definition) is 1. The zero-order valence-corrected chi connectivity index (χ0v) is 15.8. The number of halogens is 1. The van der Waals surface area contributed by atoms with Gasteiger partial charge in [0.1, 0.15) is 6.23 Å². The Morgan fingerprint density at radius 1 is 1.27 bits per heavy atom. The molecule has 0 radical (unpaired) electrons. The number of ether oxygens (including phenoxy) is 1. The molecule has 3 aromatic rings. The summed E-state index contributed by atoms with van der Waals surface area (Å²) in [6.07, 6.45) is 4.89. The molecule has 0 spiro atoms. The zero-order valence-electron chi connectivity index (χ0n) is 15.0. The van der Waals surface area contributed by atoms with E-state index in [4.69, 9.17) is 16.3 Å². The maximum Gasteiger partial charge on any atom is 0.150 e. The van der Waals surface area contributed by atoms with Crippen molar-refractivity contribution in [1.82, 2.24) is 14.8 Å². The minimum atomic E-state index is -0.124. The second kappa shape index (κ2) is 6.99. The lowest BCUT2D eigenvalue weighted by Gasteiger charge is -2.24. The van der Waals surface area contributed by atoms with Gasteiger partial charge in [-0.05, 0) is 62.3 Å². The van der Waals surface area contributed by atoms with E-state index in [0.717, 1.165) is 59.2 Å². The Morgan fingerprint density at radius 3 is 2.85 bits per heavy atom. The van der Waals surface area contributed by atoms with Gasteiger partial charge < -0.3 is 9.84 Å². The van der Waals surface area contributed by atoms with E-state index in [2.05, 4.69) is 16.1 Å². The highest BCUT2D eigenvalue weighted by Crippen LogP contribution is 2.36. The summed E-state index contributed by atoms with van der Waals surface area (Å²) in [5.41, 5.74) is 4.47. The Balaban J connectivity index is 1.87. The molecule has 0 amide bonds. The first-order chi connectivity index (χ1) is 12.6. The van der Waals surface area contributed by atoms with Crippen molar-refractivity contribution >= 4 is 22.4 Å². The summed E-state index contributed by atoms with van der Waals surface area (Å²) in [5.74, 6) is 0. The first-order valence-corrected chi connectivity index (χ1v) is 9.33. The molecule has 1 aliphatic heterocycles. The summed E-state index contributed by atoms with van der Waals surface area (Å²) in [6.45, 7) is 4.61. The summed E-state index contributed by atoms with van der Waals surface area (Å²) >= 11 is 6.51. The molecule has 5 nitrogen and oxygen atoms in total. The van der Waals surface area contributed by atoms with Gasteiger partial charge in [0.05, 0.1) is 17.3 Å². The van der Waals surface area contributed by atoms with Crippen LogP contribution in [-0.2, 0) is 11.3 Å². The van der Waals surface area contributed by atoms with Gasteiger partial charge in [-0.1, -0.05) is 11.6 Å². The molecule has 1 saturated heterocycles. The van der Waals surface area contributed by atoms with E-state index in [1.807, 2.05) is 30.7 Å². The van der Waals surface area contributed by atoms with E-state index in [1.54, 1.807) is 6.20 Å². The predicted molar refractivity (Wildman–Crippen MR) is 102 cm³/mol. The van der Waals surface area contributed by atoms with Gasteiger partial charge in [0.15, 0.2) is 0 Å². The number of aryl methyl sites for hydroxylation is 1. The van der Waals surface area contributed by atoms with E-state index in [1.165, 1.54) is 0 Å². The molecule has 0 aliphatic carbocycles. The molecule has 0 bridgehead atoms. The average Bonchev–Trinajstić information content (AvgIpc) is 2.98. The van der Waals surface area contributed by atoms with Crippen LogP contribution in [-0.4, -0.2) is 26.5 Å². The molecule has 1 N–H and O–H groups in total. The van der Waals surface area contributed by atoms with Crippen LogP contribution in [0, 0.1) is 13.8 Å². The van der Waals surface area contributed by atoms with E-state index in [-0.39, 0.29) is 12.8 Å². The molecule has 2 aromatic heterocycles. The molecule has 1 unspecified atom stereocenters. The lowest BCUT2D eigenvalue weighted by atomic mass is 10.00. The molecule has 3 heterocycles. The van der Waals surface area contributed by atoms with Crippen LogP contribution in [0.4, 0.5) is 0 Å². The first kappa shape index (κ1) is 17.5. The van der Waals surface area contributed by atoms with E-state index < -0.39 is 0 Å². The standard InChI is InChI=1S/C20H22ClN3O2/c1-12-7-14-8-15(9-17(21)16(14)10-22-12)20-13(2)24(23-18(20)11-25)19-5-3-4-6-26-19/h7-10,19,25H,3-6,11H2,1-2H3. The third-order valence-corrected chi connectivity index (χ3v) is 5.33. The highest BCUT2D eigenvalue weighted by Gasteiger charge is 2.24. The maximum atomic E-state index is 9.88. The average molecular weight is 372 g/mol. The normalized spacial score (nSPS) is 17.8. The summed E-state index contributed by atoms with van der Waals surface area (Å²) in [4.78, 5) is 4.33. The fraction of sp³-hybridized carbons (Fsp3) is 0.400. The van der Waals surface area contributed by atoms with Crippen LogP contribution >= 0.6 is 11.6 Å². The van der Waals surface area contributed by atoms with Gasteiger partial charge in [-0.3, -0.25) is 4.98 Å². The van der Waals surface area contributed by atoms with Crippen molar-refractivity contribution in [3.8, 4) is 11.1 Å². The van der Waals surface area contributed by atoms with Gasteiger partial charge >= 0.3 is 0 Å². The zero-order chi connectivity index (χ0) is 18.3. The molecule has 26 heavy (non-hydrogen) atoms. The van der Waals surface area contributed by atoms with E-state index in [0.29, 0.717) is 10.7 Å². The molecule has 1 fully saturated rings. The number of rotatable bonds is 3. The minimum absolute atomic E-state index is 0.0647. The van der Waals surface area contributed by atoms with Crippen LogP contribution in [0.25, 0.3) is 21.9 Å². The Kier molecular flexibility index (Phi) is 4.69. The van der Waals surface area contributed by atoms with Crippen molar-refractivity contribution in [1.29, 1.82) is 0 Å². The third-order valence-electron chi connectivity index (χ3n) is 5.01. The fourth-order valence-electron chi connectivity index (χ4n) is 3.73. The van der Waals surface area contributed by atoms with Crippen molar-refractivity contribution in [2.75, 3.05) is 6.61 Å². The van der Waals surface area contributed by atoms with Crippen LogP contribution in [0.3, 0.4) is 0 Å². The van der Waals surface area contributed by atoms with Crippen LogP contribution < -0.4 is 0 Å². The second-order valence-electron chi connectivity index (χ2n) is 6.84. The second-order valence-corrected chi connectivity index (χ2v) is 7.24. The number of aliphatic hydroxyl groups excluding tert-OH is 1. The largest absolute Gasteiger partial charge is 0.390 e. The molecule has 6 heteroatoms. The lowest BCUT2D eigenvalue weighted by Crippen LogP contribution is -2.20. The number of aromatic nitrogens is 3. The van der Waals surface area contributed by atoms with Crippen LogP contribution in [0.15, 0.2) is 24.4 Å². The van der Waals surface area contributed by atoms with Crippen molar-refractivity contribution in [3.63, 3.8) is 0 Å². The Bertz CT molecular complexity index is 961. The molecule has 0 saturated carbocycles. The summed E-state index contributed by atoms with van der Waals surface area (Å²) < 4.78 is 7.80. The highest BCUT2D eigenvalue weighted by molar-refractivity contribution is 6.35. The minimum Gasteiger partial charge on any atom is -0.390 e. The quantitative estimate of drug-likeness (QED) is 0.733. The smallest absolute Gasteiger partial charge is 0.150 e. The van der Waals surface area contributed by atoms with E-state index >= 15 is 0 Å². The Hall–Kier alpha value is -1.95. The Morgan fingerprint density at radius 2 is 2.12 bits per heavy atom. The SMILES string of the molecule is Cc1cc2cc(-c3c(CO)nn(C4CCCCO4)c3C)cc(Cl)c2cn1. The lowest BCUT2D eigenvalue weighted by molar-refractivity contribution is -0.0409. The Labute approximate surface area is 157 Å². The molecule has 1 atom stereocenters. The number of hydrogen-bond acceptors (Lipinski definition) is 4. The molecule has 1 aromatic carbocycles.